The second-order valence-electron chi connectivity index (χ2n) is 4.09. The molecule has 2 rings (SSSR count). The molecule has 0 bridgehead atoms. The first-order valence-corrected chi connectivity index (χ1v) is 6.18. The van der Waals surface area contributed by atoms with Gasteiger partial charge in [0, 0.05) is 18.2 Å². The van der Waals surface area contributed by atoms with E-state index in [9.17, 15) is 5.11 Å². The lowest BCUT2D eigenvalue weighted by molar-refractivity contribution is 0.254. The predicted molar refractivity (Wildman–Crippen MR) is 71.1 cm³/mol. The third kappa shape index (κ3) is 3.06. The Morgan fingerprint density at radius 3 is 2.89 bits per heavy atom. The first kappa shape index (κ1) is 13.4. The zero-order chi connectivity index (χ0) is 13.7. The van der Waals surface area contributed by atoms with Gasteiger partial charge < -0.3 is 19.1 Å². The summed E-state index contributed by atoms with van der Waals surface area (Å²) >= 11 is 0. The van der Waals surface area contributed by atoms with Gasteiger partial charge in [-0.05, 0) is 19.1 Å². The van der Waals surface area contributed by atoms with Crippen LogP contribution in [0, 0.1) is 0 Å². The lowest BCUT2D eigenvalue weighted by atomic mass is 10.2. The number of aryl methyl sites for hydroxylation is 1. The SMILES string of the molecule is CCn1cncc1COc1cc(OC)ccc1CO. The van der Waals surface area contributed by atoms with Crippen LogP contribution in [-0.2, 0) is 19.8 Å². The number of benzene rings is 1. The van der Waals surface area contributed by atoms with Gasteiger partial charge in [-0.1, -0.05) is 0 Å². The fraction of sp³-hybridized carbons (Fsp3) is 0.357. The molecule has 1 aromatic heterocycles. The zero-order valence-electron chi connectivity index (χ0n) is 11.2. The smallest absolute Gasteiger partial charge is 0.130 e. The molecule has 0 spiro atoms. The molecule has 1 heterocycles. The molecule has 5 heteroatoms. The highest BCUT2D eigenvalue weighted by molar-refractivity contribution is 5.40. The molecular weight excluding hydrogens is 244 g/mol. The van der Waals surface area contributed by atoms with Crippen molar-refractivity contribution >= 4 is 0 Å². The van der Waals surface area contributed by atoms with Crippen LogP contribution in [0.5, 0.6) is 11.5 Å². The first-order chi connectivity index (χ1) is 9.28. The van der Waals surface area contributed by atoms with Crippen molar-refractivity contribution in [3.63, 3.8) is 0 Å². The second kappa shape index (κ2) is 6.24. The number of imidazole rings is 1. The molecule has 0 saturated carbocycles. The minimum Gasteiger partial charge on any atom is -0.497 e. The average molecular weight is 262 g/mol. The maximum Gasteiger partial charge on any atom is 0.130 e. The van der Waals surface area contributed by atoms with Crippen LogP contribution in [0.4, 0.5) is 0 Å². The van der Waals surface area contributed by atoms with E-state index in [1.54, 1.807) is 37.8 Å². The number of ether oxygens (including phenoxy) is 2. The van der Waals surface area contributed by atoms with Crippen LogP contribution in [0.15, 0.2) is 30.7 Å². The normalized spacial score (nSPS) is 10.5. The van der Waals surface area contributed by atoms with Gasteiger partial charge in [0.15, 0.2) is 0 Å². The molecule has 102 valence electrons. The van der Waals surface area contributed by atoms with Crippen molar-refractivity contribution in [1.82, 2.24) is 9.55 Å². The van der Waals surface area contributed by atoms with Gasteiger partial charge in [0.2, 0.25) is 0 Å². The van der Waals surface area contributed by atoms with Crippen molar-refractivity contribution in [2.24, 2.45) is 0 Å². The number of aliphatic hydroxyl groups is 1. The maximum absolute atomic E-state index is 9.30. The summed E-state index contributed by atoms with van der Waals surface area (Å²) in [6, 6.07) is 5.37. The summed E-state index contributed by atoms with van der Waals surface area (Å²) in [4.78, 5) is 4.09. The van der Waals surface area contributed by atoms with Gasteiger partial charge in [0.05, 0.1) is 31.9 Å². The van der Waals surface area contributed by atoms with E-state index in [-0.39, 0.29) is 6.61 Å². The van der Waals surface area contributed by atoms with Crippen molar-refractivity contribution in [3.05, 3.63) is 42.0 Å². The maximum atomic E-state index is 9.30. The monoisotopic (exact) mass is 262 g/mol. The third-order valence-electron chi connectivity index (χ3n) is 2.96. The number of nitrogens with zero attached hydrogens (tertiary/aromatic N) is 2. The van der Waals surface area contributed by atoms with E-state index in [4.69, 9.17) is 9.47 Å². The van der Waals surface area contributed by atoms with Crippen LogP contribution in [0.25, 0.3) is 0 Å². The quantitative estimate of drug-likeness (QED) is 0.865. The van der Waals surface area contributed by atoms with Crippen LogP contribution in [0.2, 0.25) is 0 Å². The lowest BCUT2D eigenvalue weighted by Gasteiger charge is -2.12. The fourth-order valence-corrected chi connectivity index (χ4v) is 1.83. The number of hydrogen-bond donors (Lipinski definition) is 1. The molecule has 0 radical (unpaired) electrons. The summed E-state index contributed by atoms with van der Waals surface area (Å²) < 4.78 is 12.9. The van der Waals surface area contributed by atoms with Gasteiger partial charge in [0.1, 0.15) is 18.1 Å². The minimum absolute atomic E-state index is 0.0631. The van der Waals surface area contributed by atoms with E-state index in [0.29, 0.717) is 18.1 Å². The molecule has 0 aliphatic carbocycles. The zero-order valence-corrected chi connectivity index (χ0v) is 11.2. The van der Waals surface area contributed by atoms with Gasteiger partial charge in [-0.3, -0.25) is 0 Å². The van der Waals surface area contributed by atoms with Crippen LogP contribution >= 0.6 is 0 Å². The molecule has 19 heavy (non-hydrogen) atoms. The number of methoxy groups -OCH3 is 1. The molecule has 1 N–H and O–H groups in total. The standard InChI is InChI=1S/C14H18N2O3/c1-3-16-10-15-7-12(16)9-19-14-6-13(18-2)5-4-11(14)8-17/h4-7,10,17H,3,8-9H2,1-2H3. The fourth-order valence-electron chi connectivity index (χ4n) is 1.83. The first-order valence-electron chi connectivity index (χ1n) is 6.18. The summed E-state index contributed by atoms with van der Waals surface area (Å²) in [5, 5.41) is 9.30. The Balaban J connectivity index is 2.14. The highest BCUT2D eigenvalue weighted by atomic mass is 16.5. The van der Waals surface area contributed by atoms with Gasteiger partial charge in [-0.2, -0.15) is 0 Å². The van der Waals surface area contributed by atoms with Gasteiger partial charge >= 0.3 is 0 Å². The van der Waals surface area contributed by atoms with Crippen molar-refractivity contribution in [1.29, 1.82) is 0 Å². The van der Waals surface area contributed by atoms with E-state index in [1.165, 1.54) is 0 Å². The van der Waals surface area contributed by atoms with Crippen molar-refractivity contribution < 1.29 is 14.6 Å². The van der Waals surface area contributed by atoms with Crippen LogP contribution in [0.3, 0.4) is 0 Å². The molecule has 0 saturated heterocycles. The molecule has 0 amide bonds. The molecule has 0 aliphatic heterocycles. The highest BCUT2D eigenvalue weighted by Gasteiger charge is 2.07. The van der Waals surface area contributed by atoms with E-state index in [1.807, 2.05) is 4.57 Å². The summed E-state index contributed by atoms with van der Waals surface area (Å²) in [5.74, 6) is 1.34. The molecule has 5 nitrogen and oxygen atoms in total. The molecule has 0 aliphatic rings. The Kier molecular flexibility index (Phi) is 4.41. The van der Waals surface area contributed by atoms with Crippen LogP contribution in [-0.4, -0.2) is 21.8 Å². The third-order valence-corrected chi connectivity index (χ3v) is 2.96. The molecule has 1 aromatic carbocycles. The Morgan fingerprint density at radius 2 is 2.21 bits per heavy atom. The van der Waals surface area contributed by atoms with E-state index < -0.39 is 0 Å². The summed E-state index contributed by atoms with van der Waals surface area (Å²) in [6.45, 7) is 3.25. The number of hydrogen-bond acceptors (Lipinski definition) is 4. The predicted octanol–water partition coefficient (Wildman–Crippen LogP) is 1.98. The van der Waals surface area contributed by atoms with E-state index in [0.717, 1.165) is 17.8 Å². The van der Waals surface area contributed by atoms with Gasteiger partial charge in [0.25, 0.3) is 0 Å². The summed E-state index contributed by atoms with van der Waals surface area (Å²) in [7, 11) is 1.60. The molecule has 0 atom stereocenters. The average Bonchev–Trinajstić information content (AvgIpc) is 2.92. The van der Waals surface area contributed by atoms with Crippen molar-refractivity contribution in [2.75, 3.05) is 7.11 Å². The number of aliphatic hydroxyl groups excluding tert-OH is 1. The van der Waals surface area contributed by atoms with E-state index in [2.05, 4.69) is 11.9 Å². The van der Waals surface area contributed by atoms with Crippen molar-refractivity contribution in [3.8, 4) is 11.5 Å². The Morgan fingerprint density at radius 1 is 1.37 bits per heavy atom. The Bertz CT molecular complexity index is 537. The Hall–Kier alpha value is -2.01. The number of rotatable bonds is 6. The molecule has 0 fully saturated rings. The van der Waals surface area contributed by atoms with E-state index >= 15 is 0 Å². The highest BCUT2D eigenvalue weighted by Crippen LogP contribution is 2.25. The Labute approximate surface area is 112 Å². The van der Waals surface area contributed by atoms with Crippen LogP contribution in [0.1, 0.15) is 18.2 Å². The van der Waals surface area contributed by atoms with Gasteiger partial charge in [-0.25, -0.2) is 4.98 Å². The second-order valence-corrected chi connectivity index (χ2v) is 4.09. The lowest BCUT2D eigenvalue weighted by Crippen LogP contribution is -2.05. The topological polar surface area (TPSA) is 56.5 Å². The summed E-state index contributed by atoms with van der Waals surface area (Å²) in [5.41, 5.74) is 1.73. The molecule has 0 unspecified atom stereocenters. The summed E-state index contributed by atoms with van der Waals surface area (Å²) in [6.07, 6.45) is 3.56. The van der Waals surface area contributed by atoms with Gasteiger partial charge in [-0.15, -0.1) is 0 Å². The number of aromatic nitrogens is 2. The molecular formula is C14H18N2O3. The molecule has 2 aromatic rings. The minimum atomic E-state index is -0.0631. The largest absolute Gasteiger partial charge is 0.497 e. The van der Waals surface area contributed by atoms with Crippen LogP contribution < -0.4 is 9.47 Å². The van der Waals surface area contributed by atoms with Crippen molar-refractivity contribution in [2.45, 2.75) is 26.7 Å².